The molecule has 0 saturated heterocycles. The average Bonchev–Trinajstić information content (AvgIpc) is 2.49. The summed E-state index contributed by atoms with van der Waals surface area (Å²) in [5.74, 6) is -3.40. The number of methoxy groups -OCH3 is 1. The molecule has 1 aromatic carbocycles. The minimum atomic E-state index is -4.62. The van der Waals surface area contributed by atoms with Crippen molar-refractivity contribution in [3.05, 3.63) is 28.8 Å². The Balaban J connectivity index is 2.75. The predicted octanol–water partition coefficient (Wildman–Crippen LogP) is 1.66. The number of carboxylic acid groups (broad SMARTS) is 1. The molecule has 1 atom stereocenters. The van der Waals surface area contributed by atoms with Gasteiger partial charge in [-0.25, -0.2) is 4.79 Å². The monoisotopic (exact) mass is 382 g/mol. The zero-order chi connectivity index (χ0) is 19.2. The van der Waals surface area contributed by atoms with E-state index >= 15 is 0 Å². The van der Waals surface area contributed by atoms with E-state index in [1.807, 2.05) is 5.32 Å². The van der Waals surface area contributed by atoms with Gasteiger partial charge in [0, 0.05) is 0 Å². The number of ether oxygens (including phenoxy) is 1. The van der Waals surface area contributed by atoms with Gasteiger partial charge in [-0.05, 0) is 17.7 Å². The summed E-state index contributed by atoms with van der Waals surface area (Å²) >= 11 is 5.88. The number of rotatable bonds is 7. The van der Waals surface area contributed by atoms with Gasteiger partial charge >= 0.3 is 12.1 Å². The highest BCUT2D eigenvalue weighted by atomic mass is 35.5. The van der Waals surface area contributed by atoms with Crippen LogP contribution in [0.1, 0.15) is 18.0 Å². The fraction of sp³-hybridized carbons (Fsp3) is 0.357. The highest BCUT2D eigenvalue weighted by Crippen LogP contribution is 2.27. The van der Waals surface area contributed by atoms with E-state index in [9.17, 15) is 32.7 Å². The molecule has 7 nitrogen and oxygen atoms in total. The summed E-state index contributed by atoms with van der Waals surface area (Å²) in [4.78, 5) is 34.3. The van der Waals surface area contributed by atoms with Crippen molar-refractivity contribution in [1.29, 1.82) is 0 Å². The average molecular weight is 383 g/mol. The van der Waals surface area contributed by atoms with Crippen molar-refractivity contribution < 1.29 is 37.4 Å². The molecule has 0 aliphatic rings. The molecule has 0 aromatic heterocycles. The Kier molecular flexibility index (Phi) is 7.04. The molecule has 0 fully saturated rings. The first-order chi connectivity index (χ1) is 11.5. The lowest BCUT2D eigenvalue weighted by molar-refractivity contribution is -0.144. The second-order valence-corrected chi connectivity index (χ2v) is 5.21. The second-order valence-electron chi connectivity index (χ2n) is 4.80. The van der Waals surface area contributed by atoms with Crippen LogP contribution >= 0.6 is 11.6 Å². The molecule has 2 amide bonds. The van der Waals surface area contributed by atoms with E-state index in [4.69, 9.17) is 16.3 Å². The number of carbonyl (C=O) groups excluding carboxylic acids is 2. The Morgan fingerprint density at radius 1 is 1.28 bits per heavy atom. The number of nitrogens with one attached hydrogen (secondary N) is 2. The molecule has 25 heavy (non-hydrogen) atoms. The van der Waals surface area contributed by atoms with Gasteiger partial charge in [-0.2, -0.15) is 13.2 Å². The molecule has 1 aromatic rings. The zero-order valence-corrected chi connectivity index (χ0v) is 13.6. The maximum absolute atomic E-state index is 12.0. The van der Waals surface area contributed by atoms with E-state index in [2.05, 4.69) is 0 Å². The number of hydrogen-bond acceptors (Lipinski definition) is 4. The van der Waals surface area contributed by atoms with Crippen molar-refractivity contribution >= 4 is 29.4 Å². The summed E-state index contributed by atoms with van der Waals surface area (Å²) in [6.07, 6.45) is -5.57. The van der Waals surface area contributed by atoms with E-state index in [0.717, 1.165) is 0 Å². The number of benzene rings is 1. The van der Waals surface area contributed by atoms with Crippen LogP contribution in [-0.4, -0.2) is 42.7 Å². The Labute approximate surface area is 145 Å². The van der Waals surface area contributed by atoms with Crippen molar-refractivity contribution in [2.45, 2.75) is 18.6 Å². The van der Waals surface area contributed by atoms with Gasteiger partial charge in [0.2, 0.25) is 11.8 Å². The maximum Gasteiger partial charge on any atom is 0.405 e. The molecule has 0 spiro atoms. The molecule has 1 rings (SSSR count). The van der Waals surface area contributed by atoms with E-state index in [1.165, 1.54) is 30.6 Å². The van der Waals surface area contributed by atoms with E-state index in [0.29, 0.717) is 0 Å². The quantitative estimate of drug-likeness (QED) is 0.622. The Morgan fingerprint density at radius 2 is 1.92 bits per heavy atom. The minimum Gasteiger partial charge on any atom is -0.495 e. The van der Waals surface area contributed by atoms with Crippen LogP contribution in [0.4, 0.5) is 13.2 Å². The molecule has 138 valence electrons. The Bertz CT molecular complexity index is 666. The molecule has 11 heteroatoms. The van der Waals surface area contributed by atoms with Gasteiger partial charge in [-0.3, -0.25) is 9.59 Å². The lowest BCUT2D eigenvalue weighted by atomic mass is 10.1. The Hall–Kier alpha value is -2.49. The fourth-order valence-corrected chi connectivity index (χ4v) is 2.04. The first-order valence-electron chi connectivity index (χ1n) is 6.72. The number of carbonyl (C=O) groups is 3. The topological polar surface area (TPSA) is 105 Å². The van der Waals surface area contributed by atoms with Gasteiger partial charge in [0.1, 0.15) is 18.7 Å². The lowest BCUT2D eigenvalue weighted by Gasteiger charge is -2.16. The van der Waals surface area contributed by atoms with Crippen LogP contribution in [0.2, 0.25) is 5.02 Å². The molecule has 0 heterocycles. The Morgan fingerprint density at radius 3 is 2.40 bits per heavy atom. The first kappa shape index (κ1) is 20.6. The lowest BCUT2D eigenvalue weighted by Crippen LogP contribution is -2.39. The van der Waals surface area contributed by atoms with Crippen molar-refractivity contribution in [3.63, 3.8) is 0 Å². The van der Waals surface area contributed by atoms with Crippen LogP contribution in [0.25, 0.3) is 0 Å². The largest absolute Gasteiger partial charge is 0.495 e. The summed E-state index contributed by atoms with van der Waals surface area (Å²) < 4.78 is 40.8. The number of carboxylic acids is 1. The van der Waals surface area contributed by atoms with Crippen molar-refractivity contribution in [3.8, 4) is 5.75 Å². The summed E-state index contributed by atoms with van der Waals surface area (Å²) in [6, 6.07) is 2.44. The van der Waals surface area contributed by atoms with Crippen molar-refractivity contribution in [2.24, 2.45) is 0 Å². The van der Waals surface area contributed by atoms with Gasteiger partial charge in [0.05, 0.1) is 12.1 Å². The smallest absolute Gasteiger partial charge is 0.405 e. The third-order valence-corrected chi connectivity index (χ3v) is 3.16. The predicted molar refractivity (Wildman–Crippen MR) is 80.2 cm³/mol. The van der Waals surface area contributed by atoms with Crippen molar-refractivity contribution in [1.82, 2.24) is 10.6 Å². The first-order valence-corrected chi connectivity index (χ1v) is 7.10. The van der Waals surface area contributed by atoms with Crippen molar-refractivity contribution in [2.75, 3.05) is 13.7 Å². The highest BCUT2D eigenvalue weighted by Gasteiger charge is 2.29. The number of halogens is 4. The van der Waals surface area contributed by atoms with Crippen LogP contribution in [-0.2, 0) is 14.4 Å². The fourth-order valence-electron chi connectivity index (χ4n) is 1.77. The van der Waals surface area contributed by atoms with Crippen LogP contribution in [0.15, 0.2) is 18.2 Å². The van der Waals surface area contributed by atoms with Gasteiger partial charge in [0.25, 0.3) is 0 Å². The molecule has 0 bridgehead atoms. The highest BCUT2D eigenvalue weighted by molar-refractivity contribution is 6.32. The normalized spacial score (nSPS) is 12.2. The van der Waals surface area contributed by atoms with Crippen LogP contribution in [0, 0.1) is 0 Å². The van der Waals surface area contributed by atoms with Gasteiger partial charge < -0.3 is 20.5 Å². The SMILES string of the molecule is COc1ccc(C(NC(=O)CC(=O)NCC(F)(F)F)C(=O)O)cc1Cl. The van der Waals surface area contributed by atoms with E-state index < -0.39 is 43.0 Å². The second kappa shape index (κ2) is 8.56. The summed E-state index contributed by atoms with van der Waals surface area (Å²) in [5, 5.41) is 12.9. The molecule has 1 unspecified atom stereocenters. The molecular weight excluding hydrogens is 369 g/mol. The minimum absolute atomic E-state index is 0.0994. The number of amides is 2. The molecule has 3 N–H and O–H groups in total. The van der Waals surface area contributed by atoms with E-state index in [1.54, 1.807) is 0 Å². The van der Waals surface area contributed by atoms with Gasteiger partial charge in [-0.1, -0.05) is 17.7 Å². The summed E-state index contributed by atoms with van der Waals surface area (Å²) in [6.45, 7) is -1.59. The van der Waals surface area contributed by atoms with E-state index in [-0.39, 0.29) is 16.3 Å². The summed E-state index contributed by atoms with van der Waals surface area (Å²) in [5.41, 5.74) is 0.0994. The zero-order valence-electron chi connectivity index (χ0n) is 12.8. The molecule has 0 aliphatic carbocycles. The molecular formula is C14H14ClF3N2O5. The van der Waals surface area contributed by atoms with Crippen LogP contribution < -0.4 is 15.4 Å². The number of hydrogen-bond donors (Lipinski definition) is 3. The third kappa shape index (κ3) is 6.87. The van der Waals surface area contributed by atoms with Crippen LogP contribution in [0.5, 0.6) is 5.75 Å². The number of alkyl halides is 3. The maximum atomic E-state index is 12.0. The molecule has 0 saturated carbocycles. The van der Waals surface area contributed by atoms with Crippen LogP contribution in [0.3, 0.4) is 0 Å². The molecule has 0 radical (unpaired) electrons. The number of aliphatic carboxylic acids is 1. The third-order valence-electron chi connectivity index (χ3n) is 2.87. The standard InChI is InChI=1S/C14H14ClF3N2O5/c1-25-9-3-2-7(4-8(9)15)12(13(23)24)20-11(22)5-10(21)19-6-14(16,17)18/h2-4,12H,5-6H2,1H3,(H,19,21)(H,20,22)(H,23,24). The van der Waals surface area contributed by atoms with Gasteiger partial charge in [0.15, 0.2) is 6.04 Å². The summed E-state index contributed by atoms with van der Waals surface area (Å²) in [7, 11) is 1.36. The van der Waals surface area contributed by atoms with Gasteiger partial charge in [-0.15, -0.1) is 0 Å². The molecule has 0 aliphatic heterocycles.